The van der Waals surface area contributed by atoms with Crippen molar-refractivity contribution in [3.8, 4) is 11.3 Å². The zero-order valence-electron chi connectivity index (χ0n) is 15.4. The summed E-state index contributed by atoms with van der Waals surface area (Å²) in [5, 5.41) is 7.05. The molecule has 1 atom stereocenters. The van der Waals surface area contributed by atoms with Gasteiger partial charge in [0.15, 0.2) is 11.5 Å². The quantitative estimate of drug-likeness (QED) is 0.426. The van der Waals surface area contributed by atoms with Crippen molar-refractivity contribution < 1.29 is 0 Å². The highest BCUT2D eigenvalue weighted by Crippen LogP contribution is 2.44. The van der Waals surface area contributed by atoms with Crippen molar-refractivity contribution in [2.24, 2.45) is 0 Å². The van der Waals surface area contributed by atoms with E-state index in [4.69, 9.17) is 16.5 Å². The second-order valence-electron chi connectivity index (χ2n) is 6.74. The molecule has 4 aromatic rings. The molecule has 0 fully saturated rings. The van der Waals surface area contributed by atoms with Crippen molar-refractivity contribution in [1.29, 1.82) is 0 Å². The highest BCUT2D eigenvalue weighted by atomic mass is 15.3. The van der Waals surface area contributed by atoms with Gasteiger partial charge in [-0.1, -0.05) is 0 Å². The highest BCUT2D eigenvalue weighted by molar-refractivity contribution is 5.80. The summed E-state index contributed by atoms with van der Waals surface area (Å²) < 4.78 is 0. The summed E-state index contributed by atoms with van der Waals surface area (Å²) in [6.45, 7) is 0. The number of nitrogens with two attached hydrogens (primary N) is 2. The van der Waals surface area contributed by atoms with Crippen molar-refractivity contribution in [2.75, 3.05) is 22.1 Å². The fourth-order valence-electron chi connectivity index (χ4n) is 3.59. The number of nitrogen functional groups attached to an aromatic ring is 2. The van der Waals surface area contributed by atoms with Crippen molar-refractivity contribution in [3.05, 3.63) is 84.4 Å². The van der Waals surface area contributed by atoms with E-state index in [0.29, 0.717) is 17.5 Å². The lowest BCUT2D eigenvalue weighted by Crippen LogP contribution is -2.41. The first-order valence-corrected chi connectivity index (χ1v) is 9.06. The van der Waals surface area contributed by atoms with Crippen LogP contribution in [0.5, 0.6) is 0 Å². The van der Waals surface area contributed by atoms with Crippen molar-refractivity contribution >= 4 is 23.1 Å². The smallest absolute Gasteiger partial charge is 0.166 e. The Labute approximate surface area is 167 Å². The van der Waals surface area contributed by atoms with Gasteiger partial charge >= 0.3 is 0 Å². The predicted octanol–water partition coefficient (Wildman–Crippen LogP) is 2.84. The van der Waals surface area contributed by atoms with E-state index in [1.54, 1.807) is 30.9 Å². The Kier molecular flexibility index (Phi) is 3.77. The van der Waals surface area contributed by atoms with Crippen LogP contribution in [0.2, 0.25) is 0 Å². The molecule has 6 N–H and O–H groups in total. The standard InChI is InChI=1S/C21H18N8/c22-18-11-14(7-10-25-18)21(15-4-2-9-26-19(15)23)28-17-6-5-16(27-20(17)29-21)13-3-1-8-24-12-13/h1-12,28H,(H2,22,25)(H2,23,26)(H,27,29). The largest absolute Gasteiger partial charge is 0.384 e. The first kappa shape index (κ1) is 16.9. The number of nitrogens with zero attached hydrogens (tertiary/aromatic N) is 4. The van der Waals surface area contributed by atoms with E-state index < -0.39 is 5.66 Å². The Morgan fingerprint density at radius 2 is 1.76 bits per heavy atom. The molecule has 29 heavy (non-hydrogen) atoms. The molecule has 4 aromatic heterocycles. The normalized spacial score (nSPS) is 17.2. The molecule has 0 saturated carbocycles. The maximum Gasteiger partial charge on any atom is 0.166 e. The number of hydrogen-bond acceptors (Lipinski definition) is 8. The fraction of sp³-hybridized carbons (Fsp3) is 0.0476. The van der Waals surface area contributed by atoms with Crippen molar-refractivity contribution in [3.63, 3.8) is 0 Å². The minimum Gasteiger partial charge on any atom is -0.384 e. The topological polar surface area (TPSA) is 128 Å². The molecule has 0 radical (unpaired) electrons. The van der Waals surface area contributed by atoms with Gasteiger partial charge < -0.3 is 22.1 Å². The number of aromatic nitrogens is 4. The first-order valence-electron chi connectivity index (χ1n) is 9.06. The third-order valence-electron chi connectivity index (χ3n) is 4.94. The van der Waals surface area contributed by atoms with E-state index in [0.717, 1.165) is 28.1 Å². The van der Waals surface area contributed by atoms with Crippen LogP contribution in [0.3, 0.4) is 0 Å². The Morgan fingerprint density at radius 3 is 2.55 bits per heavy atom. The Bertz CT molecular complexity index is 1190. The lowest BCUT2D eigenvalue weighted by Gasteiger charge is -2.32. The van der Waals surface area contributed by atoms with Crippen LogP contribution in [0.15, 0.2) is 73.3 Å². The van der Waals surface area contributed by atoms with E-state index in [9.17, 15) is 0 Å². The van der Waals surface area contributed by atoms with Crippen LogP contribution in [0, 0.1) is 0 Å². The molecule has 8 heteroatoms. The van der Waals surface area contributed by atoms with Gasteiger partial charge in [0.2, 0.25) is 0 Å². The molecule has 0 amide bonds. The van der Waals surface area contributed by atoms with E-state index in [1.807, 2.05) is 42.5 Å². The number of pyridine rings is 4. The molecule has 0 aliphatic carbocycles. The maximum absolute atomic E-state index is 6.25. The first-order chi connectivity index (χ1) is 14.2. The SMILES string of the molecule is Nc1cc(C2(c3cccnc3N)Nc3ccc(-c4cccnc4)nc3N2)ccn1. The predicted molar refractivity (Wildman–Crippen MR) is 113 cm³/mol. The Morgan fingerprint density at radius 1 is 0.862 bits per heavy atom. The Hall–Kier alpha value is -4.20. The third-order valence-corrected chi connectivity index (χ3v) is 4.94. The summed E-state index contributed by atoms with van der Waals surface area (Å²) in [5.74, 6) is 1.51. The minimum absolute atomic E-state index is 0.406. The lowest BCUT2D eigenvalue weighted by atomic mass is 9.92. The molecule has 0 saturated heterocycles. The summed E-state index contributed by atoms with van der Waals surface area (Å²) >= 11 is 0. The van der Waals surface area contributed by atoms with Crippen LogP contribution in [-0.4, -0.2) is 19.9 Å². The highest BCUT2D eigenvalue weighted by Gasteiger charge is 2.42. The lowest BCUT2D eigenvalue weighted by molar-refractivity contribution is 0.700. The molecule has 5 heterocycles. The zero-order valence-corrected chi connectivity index (χ0v) is 15.4. The van der Waals surface area contributed by atoms with E-state index >= 15 is 0 Å². The number of hydrogen-bond donors (Lipinski definition) is 4. The summed E-state index contributed by atoms with van der Waals surface area (Å²) in [4.78, 5) is 17.4. The van der Waals surface area contributed by atoms with Crippen LogP contribution >= 0.6 is 0 Å². The van der Waals surface area contributed by atoms with Crippen molar-refractivity contribution in [2.45, 2.75) is 5.66 Å². The number of anilines is 4. The molecular formula is C21H18N8. The molecule has 0 bridgehead atoms. The monoisotopic (exact) mass is 382 g/mol. The maximum atomic E-state index is 6.25. The zero-order chi connectivity index (χ0) is 19.8. The second-order valence-corrected chi connectivity index (χ2v) is 6.74. The van der Waals surface area contributed by atoms with Gasteiger partial charge in [0.25, 0.3) is 0 Å². The van der Waals surface area contributed by atoms with E-state index in [1.165, 1.54) is 0 Å². The molecule has 0 aromatic carbocycles. The summed E-state index contributed by atoms with van der Waals surface area (Å²) in [6.07, 6.45) is 6.85. The van der Waals surface area contributed by atoms with Gasteiger partial charge in [-0.3, -0.25) is 4.98 Å². The molecule has 142 valence electrons. The molecule has 8 nitrogen and oxygen atoms in total. The molecule has 1 aliphatic rings. The van der Waals surface area contributed by atoms with E-state index in [-0.39, 0.29) is 0 Å². The van der Waals surface area contributed by atoms with Crippen LogP contribution < -0.4 is 22.1 Å². The van der Waals surface area contributed by atoms with Gasteiger partial charge in [-0.05, 0) is 48.5 Å². The second kappa shape index (κ2) is 6.45. The van der Waals surface area contributed by atoms with Crippen LogP contribution in [-0.2, 0) is 5.66 Å². The van der Waals surface area contributed by atoms with Gasteiger partial charge in [0.1, 0.15) is 11.6 Å². The van der Waals surface area contributed by atoms with E-state index in [2.05, 4.69) is 25.6 Å². The molecule has 1 aliphatic heterocycles. The van der Waals surface area contributed by atoms with Gasteiger partial charge in [-0.15, -0.1) is 0 Å². The van der Waals surface area contributed by atoms with Crippen LogP contribution in [0.25, 0.3) is 11.3 Å². The van der Waals surface area contributed by atoms with Crippen LogP contribution in [0.1, 0.15) is 11.1 Å². The summed E-state index contributed by atoms with van der Waals surface area (Å²) in [6, 6.07) is 15.3. The Balaban J connectivity index is 1.66. The molecule has 5 rings (SSSR count). The molecule has 0 spiro atoms. The number of rotatable bonds is 3. The van der Waals surface area contributed by atoms with Crippen LogP contribution in [0.4, 0.5) is 23.1 Å². The minimum atomic E-state index is -0.877. The van der Waals surface area contributed by atoms with Gasteiger partial charge in [-0.2, -0.15) is 0 Å². The number of fused-ring (bicyclic) bond motifs is 1. The average molecular weight is 382 g/mol. The third kappa shape index (κ3) is 2.78. The average Bonchev–Trinajstić information content (AvgIpc) is 3.14. The molecular weight excluding hydrogens is 364 g/mol. The van der Waals surface area contributed by atoms with Gasteiger partial charge in [0.05, 0.1) is 11.4 Å². The number of nitrogens with one attached hydrogen (secondary N) is 2. The van der Waals surface area contributed by atoms with Crippen molar-refractivity contribution in [1.82, 2.24) is 19.9 Å². The fourth-order valence-corrected chi connectivity index (χ4v) is 3.59. The van der Waals surface area contributed by atoms with Gasteiger partial charge in [-0.25, -0.2) is 15.0 Å². The summed E-state index contributed by atoms with van der Waals surface area (Å²) in [5.41, 5.74) is 15.6. The summed E-state index contributed by atoms with van der Waals surface area (Å²) in [7, 11) is 0. The molecule has 1 unspecified atom stereocenters. The van der Waals surface area contributed by atoms with Gasteiger partial charge in [0, 0.05) is 41.5 Å².